The third-order valence-corrected chi connectivity index (χ3v) is 7.75. The van der Waals surface area contributed by atoms with Crippen LogP contribution in [0.25, 0.3) is 0 Å². The summed E-state index contributed by atoms with van der Waals surface area (Å²) in [6.07, 6.45) is 1.51. The topological polar surface area (TPSA) is 139 Å². The minimum Gasteiger partial charge on any atom is -0.454 e. The predicted octanol–water partition coefficient (Wildman–Crippen LogP) is 2.96. The largest absolute Gasteiger partial charge is 0.454 e. The average molecular weight is 553 g/mol. The SMILES string of the molecule is C/C(CCc1ccc2c(c1)OCO2)=N/N=C1/NC(=O)C[C@H](C(=O)N2CCN(c3ccc([N+](=O)[O-])cc3)CC2)S1. The Bertz CT molecular complexity index is 1320. The number of nitrogens with zero attached hydrogens (tertiary/aromatic N) is 5. The van der Waals surface area contributed by atoms with Gasteiger partial charge in [0.2, 0.25) is 18.6 Å². The van der Waals surface area contributed by atoms with E-state index >= 15 is 0 Å². The molecule has 1 atom stereocenters. The van der Waals surface area contributed by atoms with Crippen LogP contribution in [0.1, 0.15) is 25.3 Å². The Kier molecular flexibility index (Phi) is 7.96. The molecule has 3 aliphatic heterocycles. The van der Waals surface area contributed by atoms with Gasteiger partial charge in [0.25, 0.3) is 5.69 Å². The zero-order chi connectivity index (χ0) is 27.4. The number of nitro groups is 1. The number of piperazine rings is 1. The van der Waals surface area contributed by atoms with Crippen molar-refractivity contribution in [2.75, 3.05) is 37.9 Å². The van der Waals surface area contributed by atoms with Crippen molar-refractivity contribution in [2.24, 2.45) is 10.2 Å². The number of hydrogen-bond donors (Lipinski definition) is 1. The van der Waals surface area contributed by atoms with E-state index in [4.69, 9.17) is 9.47 Å². The van der Waals surface area contributed by atoms with Crippen molar-refractivity contribution in [3.63, 3.8) is 0 Å². The summed E-state index contributed by atoms with van der Waals surface area (Å²) in [5.74, 6) is 1.13. The lowest BCUT2D eigenvalue weighted by Gasteiger charge is -2.37. The van der Waals surface area contributed by atoms with Crippen molar-refractivity contribution in [2.45, 2.75) is 31.4 Å². The van der Waals surface area contributed by atoms with Crippen LogP contribution in [0.15, 0.2) is 52.7 Å². The van der Waals surface area contributed by atoms with Gasteiger partial charge in [0.05, 0.1) is 4.92 Å². The fraction of sp³-hybridized carbons (Fsp3) is 0.385. The second-order valence-electron chi connectivity index (χ2n) is 9.37. The summed E-state index contributed by atoms with van der Waals surface area (Å²) in [5.41, 5.74) is 2.81. The van der Waals surface area contributed by atoms with E-state index in [1.807, 2.05) is 25.1 Å². The van der Waals surface area contributed by atoms with Gasteiger partial charge in [0.15, 0.2) is 16.7 Å². The lowest BCUT2D eigenvalue weighted by Crippen LogP contribution is -2.53. The summed E-state index contributed by atoms with van der Waals surface area (Å²) in [6.45, 7) is 4.31. The Morgan fingerprint density at radius 3 is 2.62 bits per heavy atom. The summed E-state index contributed by atoms with van der Waals surface area (Å²) < 4.78 is 10.8. The van der Waals surface area contributed by atoms with Gasteiger partial charge in [-0.25, -0.2) is 0 Å². The van der Waals surface area contributed by atoms with Gasteiger partial charge in [0, 0.05) is 56.1 Å². The van der Waals surface area contributed by atoms with Gasteiger partial charge in [-0.15, -0.1) is 5.10 Å². The highest BCUT2D eigenvalue weighted by atomic mass is 32.2. The number of fused-ring (bicyclic) bond motifs is 1. The predicted molar refractivity (Wildman–Crippen MR) is 147 cm³/mol. The average Bonchev–Trinajstić information content (AvgIpc) is 3.42. The smallest absolute Gasteiger partial charge is 0.269 e. The first kappa shape index (κ1) is 26.5. The quantitative estimate of drug-likeness (QED) is 0.314. The zero-order valence-electron chi connectivity index (χ0n) is 21.4. The first-order valence-electron chi connectivity index (χ1n) is 12.6. The number of thioether (sulfide) groups is 1. The number of non-ortho nitro benzene ring substituents is 1. The Morgan fingerprint density at radius 1 is 1.13 bits per heavy atom. The fourth-order valence-electron chi connectivity index (χ4n) is 4.51. The molecule has 39 heavy (non-hydrogen) atoms. The Hall–Kier alpha value is -4.13. The lowest BCUT2D eigenvalue weighted by atomic mass is 10.1. The molecule has 3 heterocycles. The van der Waals surface area contributed by atoms with Crippen molar-refractivity contribution >= 4 is 45.8 Å². The lowest BCUT2D eigenvalue weighted by molar-refractivity contribution is -0.384. The van der Waals surface area contributed by atoms with Crippen LogP contribution in [0.2, 0.25) is 0 Å². The standard InChI is InChI=1S/C26H28N6O6S/c1-17(2-3-18-4-9-21-22(14-18)38-16-37-21)28-29-26-27-24(33)15-23(39-26)25(34)31-12-10-30(11-13-31)19-5-7-20(8-6-19)32(35)36/h4-9,14,23H,2-3,10-13,15-16H2,1H3,(H,27,29,33)/b28-17-/t23-/m1/s1. The Morgan fingerprint density at radius 2 is 1.87 bits per heavy atom. The molecule has 1 N–H and O–H groups in total. The number of anilines is 1. The van der Waals surface area contributed by atoms with Crippen LogP contribution in [0.5, 0.6) is 11.5 Å². The summed E-state index contributed by atoms with van der Waals surface area (Å²) in [7, 11) is 0. The number of amidine groups is 1. The first-order valence-corrected chi connectivity index (χ1v) is 13.5. The third kappa shape index (κ3) is 6.48. The van der Waals surface area contributed by atoms with E-state index in [0.29, 0.717) is 37.8 Å². The molecule has 0 saturated carbocycles. The molecule has 2 aromatic rings. The number of benzene rings is 2. The number of carbonyl (C=O) groups excluding carboxylic acids is 2. The van der Waals surface area contributed by atoms with E-state index < -0.39 is 10.2 Å². The highest BCUT2D eigenvalue weighted by molar-refractivity contribution is 8.15. The van der Waals surface area contributed by atoms with E-state index in [1.165, 1.54) is 23.9 Å². The van der Waals surface area contributed by atoms with Crippen molar-refractivity contribution in [3.8, 4) is 11.5 Å². The van der Waals surface area contributed by atoms with E-state index in [1.54, 1.807) is 17.0 Å². The summed E-state index contributed by atoms with van der Waals surface area (Å²) in [5, 5.41) is 21.8. The molecule has 2 aromatic carbocycles. The molecule has 0 aliphatic carbocycles. The fourth-order valence-corrected chi connectivity index (χ4v) is 5.52. The summed E-state index contributed by atoms with van der Waals surface area (Å²) in [4.78, 5) is 39.8. The number of hydrogen-bond acceptors (Lipinski definition) is 10. The van der Waals surface area contributed by atoms with Gasteiger partial charge in [0.1, 0.15) is 5.25 Å². The number of carbonyl (C=O) groups is 2. The second-order valence-corrected chi connectivity index (χ2v) is 10.6. The Balaban J connectivity index is 1.13. The second kappa shape index (κ2) is 11.7. The molecular formula is C26H28N6O6S. The number of rotatable bonds is 7. The molecule has 2 saturated heterocycles. The minimum atomic E-state index is -0.562. The van der Waals surface area contributed by atoms with E-state index in [2.05, 4.69) is 20.4 Å². The molecule has 2 amide bonds. The molecule has 0 bridgehead atoms. The van der Waals surface area contributed by atoms with Gasteiger partial charge < -0.3 is 24.6 Å². The number of amides is 2. The van der Waals surface area contributed by atoms with Crippen LogP contribution in [0, 0.1) is 10.1 Å². The summed E-state index contributed by atoms with van der Waals surface area (Å²) in [6, 6.07) is 12.2. The normalized spacial score (nSPS) is 20.2. The molecule has 5 rings (SSSR count). The number of ether oxygens (including phenoxy) is 2. The van der Waals surface area contributed by atoms with Crippen LogP contribution in [-0.2, 0) is 16.0 Å². The van der Waals surface area contributed by atoms with Gasteiger partial charge in [-0.1, -0.05) is 17.8 Å². The van der Waals surface area contributed by atoms with Crippen LogP contribution in [0.3, 0.4) is 0 Å². The molecule has 0 radical (unpaired) electrons. The molecular weight excluding hydrogens is 524 g/mol. The number of nitro benzene ring substituents is 1. The van der Waals surface area contributed by atoms with E-state index in [0.717, 1.165) is 34.9 Å². The van der Waals surface area contributed by atoms with Crippen molar-refractivity contribution < 1.29 is 24.0 Å². The van der Waals surface area contributed by atoms with Crippen molar-refractivity contribution in [1.29, 1.82) is 0 Å². The van der Waals surface area contributed by atoms with Crippen molar-refractivity contribution in [1.82, 2.24) is 10.2 Å². The highest BCUT2D eigenvalue weighted by Gasteiger charge is 2.34. The highest BCUT2D eigenvalue weighted by Crippen LogP contribution is 2.33. The molecule has 0 unspecified atom stereocenters. The zero-order valence-corrected chi connectivity index (χ0v) is 22.2. The summed E-state index contributed by atoms with van der Waals surface area (Å²) >= 11 is 1.22. The van der Waals surface area contributed by atoms with Gasteiger partial charge in [-0.2, -0.15) is 5.10 Å². The first-order chi connectivity index (χ1) is 18.9. The number of nitrogens with one attached hydrogen (secondary N) is 1. The Labute approximate surface area is 229 Å². The maximum absolute atomic E-state index is 13.2. The van der Waals surface area contributed by atoms with Crippen molar-refractivity contribution in [3.05, 3.63) is 58.1 Å². The minimum absolute atomic E-state index is 0.0434. The maximum atomic E-state index is 13.2. The molecule has 0 aromatic heterocycles. The number of aryl methyl sites for hydroxylation is 1. The van der Waals surface area contributed by atoms with Gasteiger partial charge >= 0.3 is 0 Å². The molecule has 12 nitrogen and oxygen atoms in total. The molecule has 0 spiro atoms. The molecule has 13 heteroatoms. The van der Waals surface area contributed by atoms with Gasteiger partial charge in [-0.05, 0) is 49.6 Å². The molecule has 204 valence electrons. The van der Waals surface area contributed by atoms with E-state index in [9.17, 15) is 19.7 Å². The van der Waals surface area contributed by atoms with Gasteiger partial charge in [-0.3, -0.25) is 19.7 Å². The van der Waals surface area contributed by atoms with E-state index in [-0.39, 0.29) is 30.7 Å². The van der Waals surface area contributed by atoms with Crippen LogP contribution < -0.4 is 19.7 Å². The van der Waals surface area contributed by atoms with Crippen LogP contribution >= 0.6 is 11.8 Å². The third-order valence-electron chi connectivity index (χ3n) is 6.69. The van der Waals surface area contributed by atoms with Crippen LogP contribution in [0.4, 0.5) is 11.4 Å². The van der Waals surface area contributed by atoms with Crippen LogP contribution in [-0.4, -0.2) is 70.7 Å². The maximum Gasteiger partial charge on any atom is 0.269 e. The monoisotopic (exact) mass is 552 g/mol. The molecule has 3 aliphatic rings. The molecule has 2 fully saturated rings.